The van der Waals surface area contributed by atoms with Crippen LogP contribution in [0.15, 0.2) is 24.3 Å². The molecular formula is C15H22N2O2. The van der Waals surface area contributed by atoms with E-state index < -0.39 is 0 Å². The minimum atomic E-state index is -0.281. The van der Waals surface area contributed by atoms with Crippen molar-refractivity contribution in [2.75, 3.05) is 0 Å². The van der Waals surface area contributed by atoms with Crippen LogP contribution in [0.25, 0.3) is 0 Å². The molecule has 0 spiro atoms. The minimum Gasteiger partial charge on any atom is -0.354 e. The molecule has 4 heteroatoms. The van der Waals surface area contributed by atoms with E-state index in [1.807, 2.05) is 45.0 Å². The maximum Gasteiger partial charge on any atom is 0.222 e. The normalized spacial score (nSPS) is 12.1. The lowest BCUT2D eigenvalue weighted by atomic mass is 10.0. The number of hydrogen-bond acceptors (Lipinski definition) is 2. The molecule has 0 aliphatic carbocycles. The van der Waals surface area contributed by atoms with Crippen LogP contribution in [0, 0.1) is 6.92 Å². The first-order valence-electron chi connectivity index (χ1n) is 6.51. The molecule has 2 amide bonds. The lowest BCUT2D eigenvalue weighted by Crippen LogP contribution is -2.35. The summed E-state index contributed by atoms with van der Waals surface area (Å²) in [6.45, 7) is 7.29. The Hall–Kier alpha value is -1.84. The topological polar surface area (TPSA) is 58.2 Å². The molecular weight excluding hydrogens is 240 g/mol. The van der Waals surface area contributed by atoms with Crippen molar-refractivity contribution in [1.29, 1.82) is 0 Å². The highest BCUT2D eigenvalue weighted by Crippen LogP contribution is 2.17. The van der Waals surface area contributed by atoms with Crippen LogP contribution in [0.2, 0.25) is 0 Å². The van der Waals surface area contributed by atoms with E-state index in [4.69, 9.17) is 0 Å². The molecule has 1 aromatic rings. The Morgan fingerprint density at radius 3 is 2.16 bits per heavy atom. The smallest absolute Gasteiger partial charge is 0.222 e. The number of benzene rings is 1. The van der Waals surface area contributed by atoms with Gasteiger partial charge in [-0.1, -0.05) is 29.8 Å². The molecule has 0 heterocycles. The van der Waals surface area contributed by atoms with Gasteiger partial charge < -0.3 is 10.6 Å². The van der Waals surface area contributed by atoms with Crippen molar-refractivity contribution in [2.24, 2.45) is 0 Å². The molecule has 0 saturated heterocycles. The fraction of sp³-hybridized carbons (Fsp3) is 0.467. The molecule has 2 N–H and O–H groups in total. The van der Waals surface area contributed by atoms with Crippen molar-refractivity contribution in [3.05, 3.63) is 35.4 Å². The van der Waals surface area contributed by atoms with Gasteiger partial charge in [0.15, 0.2) is 0 Å². The molecule has 1 aromatic carbocycles. The van der Waals surface area contributed by atoms with Gasteiger partial charge in [-0.15, -0.1) is 0 Å². The molecule has 0 bridgehead atoms. The van der Waals surface area contributed by atoms with E-state index >= 15 is 0 Å². The van der Waals surface area contributed by atoms with Crippen LogP contribution in [0.5, 0.6) is 0 Å². The summed E-state index contributed by atoms with van der Waals surface area (Å²) in [5, 5.41) is 5.66. The maximum absolute atomic E-state index is 11.8. The van der Waals surface area contributed by atoms with Crippen LogP contribution in [0.3, 0.4) is 0 Å². The Labute approximate surface area is 114 Å². The van der Waals surface area contributed by atoms with Gasteiger partial charge in [0.1, 0.15) is 0 Å². The Bertz CT molecular complexity index is 438. The van der Waals surface area contributed by atoms with Crippen LogP contribution in [0.1, 0.15) is 44.4 Å². The zero-order valence-corrected chi connectivity index (χ0v) is 12.0. The van der Waals surface area contributed by atoms with E-state index in [-0.39, 0.29) is 30.3 Å². The number of aryl methyl sites for hydroxylation is 1. The van der Waals surface area contributed by atoms with Crippen LogP contribution >= 0.6 is 0 Å². The third-order valence-electron chi connectivity index (χ3n) is 2.70. The largest absolute Gasteiger partial charge is 0.354 e. The summed E-state index contributed by atoms with van der Waals surface area (Å²) >= 11 is 0. The summed E-state index contributed by atoms with van der Waals surface area (Å²) < 4.78 is 0. The predicted octanol–water partition coefficient (Wildman–Crippen LogP) is 2.09. The van der Waals surface area contributed by atoms with Crippen molar-refractivity contribution in [1.82, 2.24) is 10.6 Å². The molecule has 0 fully saturated rings. The fourth-order valence-electron chi connectivity index (χ4n) is 1.86. The van der Waals surface area contributed by atoms with Crippen LogP contribution in [-0.2, 0) is 9.59 Å². The van der Waals surface area contributed by atoms with Crippen molar-refractivity contribution in [2.45, 2.75) is 46.2 Å². The van der Waals surface area contributed by atoms with Crippen molar-refractivity contribution >= 4 is 11.8 Å². The molecule has 1 unspecified atom stereocenters. The van der Waals surface area contributed by atoms with Gasteiger partial charge in [-0.3, -0.25) is 9.59 Å². The first-order chi connectivity index (χ1) is 8.88. The molecule has 0 aliphatic rings. The lowest BCUT2D eigenvalue weighted by molar-refractivity contribution is -0.123. The molecule has 1 atom stereocenters. The summed E-state index contributed by atoms with van der Waals surface area (Å²) in [4.78, 5) is 23.1. The van der Waals surface area contributed by atoms with E-state index in [1.165, 1.54) is 6.92 Å². The second-order valence-corrected chi connectivity index (χ2v) is 5.09. The number of amides is 2. The van der Waals surface area contributed by atoms with Gasteiger partial charge in [-0.25, -0.2) is 0 Å². The molecule has 104 valence electrons. The van der Waals surface area contributed by atoms with Gasteiger partial charge in [0.05, 0.1) is 12.5 Å². The first-order valence-corrected chi connectivity index (χ1v) is 6.51. The second-order valence-electron chi connectivity index (χ2n) is 5.09. The summed E-state index contributed by atoms with van der Waals surface area (Å²) in [5.74, 6) is -0.197. The number of nitrogens with one attached hydrogen (secondary N) is 2. The number of carbonyl (C=O) groups excluding carboxylic acids is 2. The molecule has 19 heavy (non-hydrogen) atoms. The minimum absolute atomic E-state index is 0.0608. The van der Waals surface area contributed by atoms with Crippen LogP contribution in [-0.4, -0.2) is 17.9 Å². The van der Waals surface area contributed by atoms with Gasteiger partial charge >= 0.3 is 0 Å². The highest BCUT2D eigenvalue weighted by Gasteiger charge is 2.17. The SMILES string of the molecule is CC(=O)NC(CC(=O)NC(C)C)c1ccc(C)cc1. The Morgan fingerprint density at radius 2 is 1.68 bits per heavy atom. The highest BCUT2D eigenvalue weighted by molar-refractivity contribution is 5.79. The van der Waals surface area contributed by atoms with Crippen molar-refractivity contribution in [3.8, 4) is 0 Å². The van der Waals surface area contributed by atoms with E-state index in [0.717, 1.165) is 11.1 Å². The maximum atomic E-state index is 11.8. The van der Waals surface area contributed by atoms with Crippen molar-refractivity contribution < 1.29 is 9.59 Å². The van der Waals surface area contributed by atoms with Gasteiger partial charge in [0.25, 0.3) is 0 Å². The summed E-state index contributed by atoms with van der Waals surface area (Å²) in [6, 6.07) is 7.66. The van der Waals surface area contributed by atoms with E-state index in [1.54, 1.807) is 0 Å². The molecule has 0 radical (unpaired) electrons. The predicted molar refractivity (Wildman–Crippen MR) is 75.6 cm³/mol. The number of carbonyl (C=O) groups is 2. The third kappa shape index (κ3) is 5.55. The van der Waals surface area contributed by atoms with Gasteiger partial charge in [0, 0.05) is 13.0 Å². The van der Waals surface area contributed by atoms with E-state index in [0.29, 0.717) is 0 Å². The van der Waals surface area contributed by atoms with Gasteiger partial charge in [0.2, 0.25) is 11.8 Å². The zero-order chi connectivity index (χ0) is 14.4. The molecule has 0 saturated carbocycles. The summed E-state index contributed by atoms with van der Waals surface area (Å²) in [5.41, 5.74) is 2.09. The molecule has 0 aromatic heterocycles. The molecule has 4 nitrogen and oxygen atoms in total. The number of rotatable bonds is 5. The fourth-order valence-corrected chi connectivity index (χ4v) is 1.86. The number of hydrogen-bond donors (Lipinski definition) is 2. The average Bonchev–Trinajstić information content (AvgIpc) is 2.27. The summed E-state index contributed by atoms with van der Waals surface area (Å²) in [6.07, 6.45) is 0.251. The molecule has 1 rings (SSSR count). The van der Waals surface area contributed by atoms with E-state index in [9.17, 15) is 9.59 Å². The lowest BCUT2D eigenvalue weighted by Gasteiger charge is -2.19. The monoisotopic (exact) mass is 262 g/mol. The van der Waals surface area contributed by atoms with Crippen LogP contribution < -0.4 is 10.6 Å². The third-order valence-corrected chi connectivity index (χ3v) is 2.70. The van der Waals surface area contributed by atoms with Crippen LogP contribution in [0.4, 0.5) is 0 Å². The highest BCUT2D eigenvalue weighted by atomic mass is 16.2. The van der Waals surface area contributed by atoms with Gasteiger partial charge in [-0.05, 0) is 26.3 Å². The first kappa shape index (κ1) is 15.2. The standard InChI is InChI=1S/C15H22N2O2/c1-10(2)16-15(19)9-14(17-12(4)18)13-7-5-11(3)6-8-13/h5-8,10,14H,9H2,1-4H3,(H,16,19)(H,17,18). The van der Waals surface area contributed by atoms with Gasteiger partial charge in [-0.2, -0.15) is 0 Å². The Balaban J connectivity index is 2.79. The molecule has 0 aliphatic heterocycles. The second kappa shape index (κ2) is 6.92. The van der Waals surface area contributed by atoms with Crippen molar-refractivity contribution in [3.63, 3.8) is 0 Å². The Morgan fingerprint density at radius 1 is 1.11 bits per heavy atom. The average molecular weight is 262 g/mol. The quantitative estimate of drug-likeness (QED) is 0.853. The summed E-state index contributed by atoms with van der Waals surface area (Å²) in [7, 11) is 0. The van der Waals surface area contributed by atoms with E-state index in [2.05, 4.69) is 10.6 Å². The zero-order valence-electron chi connectivity index (χ0n) is 12.0. The Kier molecular flexibility index (Phi) is 5.55.